The van der Waals surface area contributed by atoms with Crippen molar-refractivity contribution in [3.63, 3.8) is 0 Å². The second-order valence-electron chi connectivity index (χ2n) is 8.80. The molecule has 0 saturated heterocycles. The predicted octanol–water partition coefficient (Wildman–Crippen LogP) is 7.06. The van der Waals surface area contributed by atoms with Gasteiger partial charge in [0.1, 0.15) is 5.52 Å². The molecule has 2 N–H and O–H groups in total. The summed E-state index contributed by atoms with van der Waals surface area (Å²) >= 11 is 1.51. The van der Waals surface area contributed by atoms with Gasteiger partial charge in [-0.15, -0.1) is 0 Å². The van der Waals surface area contributed by atoms with Crippen molar-refractivity contribution in [1.29, 1.82) is 0 Å². The van der Waals surface area contributed by atoms with Crippen LogP contribution in [-0.4, -0.2) is 27.7 Å². The fourth-order valence-electron chi connectivity index (χ4n) is 3.72. The maximum absolute atomic E-state index is 12.6. The summed E-state index contributed by atoms with van der Waals surface area (Å²) < 4.78 is 5.66. The SMILES string of the molecule is CC(C)c1cccc(C(C)C)c1NC(=O)CCCCCSc1nc2ccc(C(=O)O)cc2o1. The van der Waals surface area contributed by atoms with E-state index in [0.29, 0.717) is 34.6 Å². The highest BCUT2D eigenvalue weighted by atomic mass is 32.2. The first-order valence-electron chi connectivity index (χ1n) is 11.5. The molecule has 0 radical (unpaired) electrons. The lowest BCUT2D eigenvalue weighted by molar-refractivity contribution is -0.116. The van der Waals surface area contributed by atoms with Crippen LogP contribution >= 0.6 is 11.8 Å². The third-order valence-electron chi connectivity index (χ3n) is 5.53. The first kappa shape index (κ1) is 24.8. The number of carbonyl (C=O) groups is 2. The number of hydrogen-bond acceptors (Lipinski definition) is 5. The van der Waals surface area contributed by atoms with Gasteiger partial charge in [-0.1, -0.05) is 64.1 Å². The van der Waals surface area contributed by atoms with Gasteiger partial charge in [-0.05, 0) is 54.0 Å². The highest BCUT2D eigenvalue weighted by molar-refractivity contribution is 7.99. The fraction of sp³-hybridized carbons (Fsp3) is 0.423. The van der Waals surface area contributed by atoms with Crippen LogP contribution in [0.1, 0.15) is 86.7 Å². The van der Waals surface area contributed by atoms with Crippen LogP contribution in [0.2, 0.25) is 0 Å². The lowest BCUT2D eigenvalue weighted by Gasteiger charge is -2.20. The molecule has 1 amide bonds. The molecule has 0 aliphatic rings. The van der Waals surface area contributed by atoms with Crippen molar-refractivity contribution in [2.75, 3.05) is 11.1 Å². The zero-order chi connectivity index (χ0) is 24.0. The minimum Gasteiger partial charge on any atom is -0.478 e. The van der Waals surface area contributed by atoms with Crippen molar-refractivity contribution in [3.05, 3.63) is 53.1 Å². The molecule has 0 atom stereocenters. The number of aromatic carboxylic acids is 1. The molecule has 0 unspecified atom stereocenters. The lowest BCUT2D eigenvalue weighted by Crippen LogP contribution is -2.15. The van der Waals surface area contributed by atoms with Crippen LogP contribution in [0.4, 0.5) is 5.69 Å². The van der Waals surface area contributed by atoms with Crippen molar-refractivity contribution in [2.24, 2.45) is 0 Å². The molecular formula is C26H32N2O4S. The number of carboxylic acids is 1. The van der Waals surface area contributed by atoms with Crippen molar-refractivity contribution in [2.45, 2.75) is 70.4 Å². The largest absolute Gasteiger partial charge is 0.478 e. The Morgan fingerprint density at radius 3 is 2.36 bits per heavy atom. The van der Waals surface area contributed by atoms with E-state index in [-0.39, 0.29) is 11.5 Å². The Morgan fingerprint density at radius 2 is 1.73 bits per heavy atom. The zero-order valence-electron chi connectivity index (χ0n) is 19.7. The number of amides is 1. The van der Waals surface area contributed by atoms with Crippen LogP contribution in [0.25, 0.3) is 11.1 Å². The number of oxazole rings is 1. The summed E-state index contributed by atoms with van der Waals surface area (Å²) in [4.78, 5) is 28.1. The van der Waals surface area contributed by atoms with Crippen molar-refractivity contribution in [3.8, 4) is 0 Å². The molecule has 3 rings (SSSR count). The molecule has 0 aliphatic carbocycles. The maximum Gasteiger partial charge on any atom is 0.335 e. The Morgan fingerprint density at radius 1 is 1.03 bits per heavy atom. The summed E-state index contributed by atoms with van der Waals surface area (Å²) in [5, 5.41) is 12.8. The van der Waals surface area contributed by atoms with E-state index in [1.165, 1.54) is 35.0 Å². The molecule has 0 saturated carbocycles. The standard InChI is InChI=1S/C26H32N2O4S/c1-16(2)19-9-8-10-20(17(3)4)24(19)28-23(29)11-6-5-7-14-33-26-27-21-13-12-18(25(30)31)15-22(21)32-26/h8-10,12-13,15-17H,5-7,11,14H2,1-4H3,(H,28,29)(H,30,31). The molecule has 6 nitrogen and oxygen atoms in total. The van der Waals surface area contributed by atoms with Crippen molar-refractivity contribution in [1.82, 2.24) is 4.98 Å². The first-order chi connectivity index (χ1) is 15.8. The molecule has 7 heteroatoms. The Bertz CT molecular complexity index is 1090. The number of carboxylic acid groups (broad SMARTS) is 1. The number of anilines is 1. The number of aromatic nitrogens is 1. The van der Waals surface area contributed by atoms with Crippen LogP contribution in [-0.2, 0) is 4.79 Å². The van der Waals surface area contributed by atoms with Crippen LogP contribution in [0, 0.1) is 0 Å². The molecule has 0 fully saturated rings. The summed E-state index contributed by atoms with van der Waals surface area (Å²) in [6.07, 6.45) is 3.20. The lowest BCUT2D eigenvalue weighted by atomic mass is 9.92. The summed E-state index contributed by atoms with van der Waals surface area (Å²) in [7, 11) is 0. The van der Waals surface area contributed by atoms with Gasteiger partial charge in [-0.2, -0.15) is 0 Å². The highest BCUT2D eigenvalue weighted by Gasteiger charge is 2.16. The number of nitrogens with one attached hydrogen (secondary N) is 1. The van der Waals surface area contributed by atoms with Crippen molar-refractivity contribution >= 4 is 40.4 Å². The van der Waals surface area contributed by atoms with E-state index in [1.807, 2.05) is 0 Å². The molecule has 3 aromatic rings. The smallest absolute Gasteiger partial charge is 0.335 e. The van der Waals surface area contributed by atoms with Gasteiger partial charge in [0, 0.05) is 17.9 Å². The van der Waals surface area contributed by atoms with Gasteiger partial charge >= 0.3 is 5.97 Å². The molecule has 1 heterocycles. The van der Waals surface area contributed by atoms with E-state index >= 15 is 0 Å². The van der Waals surface area contributed by atoms with E-state index < -0.39 is 5.97 Å². The normalized spacial score (nSPS) is 11.5. The third-order valence-corrected chi connectivity index (χ3v) is 6.44. The zero-order valence-corrected chi connectivity index (χ0v) is 20.5. The number of nitrogens with zero attached hydrogens (tertiary/aromatic N) is 1. The third kappa shape index (κ3) is 6.60. The number of rotatable bonds is 11. The van der Waals surface area contributed by atoms with E-state index in [4.69, 9.17) is 9.52 Å². The molecular weight excluding hydrogens is 436 g/mol. The Balaban J connectivity index is 1.44. The second kappa shape index (κ2) is 11.4. The minimum atomic E-state index is -0.986. The fourth-order valence-corrected chi connectivity index (χ4v) is 4.55. The van der Waals surface area contributed by atoms with E-state index in [0.717, 1.165) is 30.7 Å². The number of para-hydroxylation sites is 1. The minimum absolute atomic E-state index is 0.0610. The molecule has 33 heavy (non-hydrogen) atoms. The monoisotopic (exact) mass is 468 g/mol. The van der Waals surface area contributed by atoms with Crippen molar-refractivity contribution < 1.29 is 19.1 Å². The van der Waals surface area contributed by atoms with Gasteiger partial charge in [-0.25, -0.2) is 9.78 Å². The van der Waals surface area contributed by atoms with Gasteiger partial charge < -0.3 is 14.8 Å². The summed E-state index contributed by atoms with van der Waals surface area (Å²) in [6.45, 7) is 8.59. The molecule has 0 aliphatic heterocycles. The van der Waals surface area contributed by atoms with Gasteiger partial charge in [0.05, 0.1) is 5.56 Å². The van der Waals surface area contributed by atoms with E-state index in [2.05, 4.69) is 56.2 Å². The van der Waals surface area contributed by atoms with E-state index in [1.54, 1.807) is 6.07 Å². The molecule has 1 aromatic heterocycles. The average Bonchev–Trinajstić information content (AvgIpc) is 3.17. The first-order valence-corrected chi connectivity index (χ1v) is 12.4. The molecule has 0 bridgehead atoms. The number of unbranched alkanes of at least 4 members (excludes halogenated alkanes) is 2. The number of fused-ring (bicyclic) bond motifs is 1. The average molecular weight is 469 g/mol. The van der Waals surface area contributed by atoms with Crippen LogP contribution < -0.4 is 5.32 Å². The molecule has 176 valence electrons. The van der Waals surface area contributed by atoms with Gasteiger partial charge in [-0.3, -0.25) is 4.79 Å². The Kier molecular flexibility index (Phi) is 8.55. The summed E-state index contributed by atoms with van der Waals surface area (Å²) in [6, 6.07) is 10.9. The highest BCUT2D eigenvalue weighted by Crippen LogP contribution is 2.32. The second-order valence-corrected chi connectivity index (χ2v) is 9.84. The van der Waals surface area contributed by atoms with Crippen LogP contribution in [0.5, 0.6) is 0 Å². The molecule has 0 spiro atoms. The van der Waals surface area contributed by atoms with E-state index in [9.17, 15) is 9.59 Å². The predicted molar refractivity (Wildman–Crippen MR) is 133 cm³/mol. The van der Waals surface area contributed by atoms with Gasteiger partial charge in [0.2, 0.25) is 5.91 Å². The topological polar surface area (TPSA) is 92.4 Å². The van der Waals surface area contributed by atoms with Crippen LogP contribution in [0.3, 0.4) is 0 Å². The Hall–Kier alpha value is -2.80. The number of thioether (sulfide) groups is 1. The quantitative estimate of drug-likeness (QED) is 0.231. The summed E-state index contributed by atoms with van der Waals surface area (Å²) in [5.74, 6) is 0.594. The molecule has 2 aromatic carbocycles. The maximum atomic E-state index is 12.6. The number of hydrogen-bond donors (Lipinski definition) is 2. The van der Waals surface area contributed by atoms with Crippen LogP contribution in [0.15, 0.2) is 46.0 Å². The Labute approximate surface area is 199 Å². The van der Waals surface area contributed by atoms with Gasteiger partial charge in [0.25, 0.3) is 5.22 Å². The summed E-state index contributed by atoms with van der Waals surface area (Å²) in [5.41, 5.74) is 4.66. The van der Waals surface area contributed by atoms with Gasteiger partial charge in [0.15, 0.2) is 5.58 Å². The number of carbonyl (C=O) groups excluding carboxylic acids is 1. The number of benzene rings is 2.